The van der Waals surface area contributed by atoms with E-state index in [1.807, 2.05) is 6.07 Å². The number of aromatic nitrogens is 2. The first-order chi connectivity index (χ1) is 7.69. The quantitative estimate of drug-likeness (QED) is 0.792. The van der Waals surface area contributed by atoms with Gasteiger partial charge >= 0.3 is 0 Å². The Morgan fingerprint density at radius 2 is 1.88 bits per heavy atom. The number of aryl methyl sites for hydroxylation is 1. The lowest BCUT2D eigenvalue weighted by Crippen LogP contribution is -2.26. The summed E-state index contributed by atoms with van der Waals surface area (Å²) in [6, 6.07) is 1.85. The molecule has 0 unspecified atom stereocenters. The topological polar surface area (TPSA) is 55.0 Å². The van der Waals surface area contributed by atoms with Gasteiger partial charge in [0.1, 0.15) is 11.6 Å². The second-order valence-corrected chi connectivity index (χ2v) is 3.83. The minimum atomic E-state index is 0.585. The molecule has 4 heteroatoms. The number of hydrogen-bond donors (Lipinski definition) is 1. The number of hydrogen-bond acceptors (Lipinski definition) is 4. The number of nitrogens with two attached hydrogens (primary N) is 1. The molecule has 0 amide bonds. The molecule has 0 aliphatic rings. The first kappa shape index (κ1) is 12.9. The van der Waals surface area contributed by atoms with E-state index in [9.17, 15) is 0 Å². The Balaban J connectivity index is 2.62. The molecular formula is C12H22N4. The molecule has 1 aromatic rings. The largest absolute Gasteiger partial charge is 0.384 e. The number of likely N-dealkylation sites (N-methyl/N-ethyl adjacent to an activating group) is 1. The highest BCUT2D eigenvalue weighted by Crippen LogP contribution is 2.05. The van der Waals surface area contributed by atoms with Gasteiger partial charge in [-0.3, -0.25) is 0 Å². The Bertz CT molecular complexity index is 321. The van der Waals surface area contributed by atoms with Gasteiger partial charge in [-0.05, 0) is 19.5 Å². The SMILES string of the molecule is CCc1cc(N)nc(CCN(CC)CC)n1. The molecule has 0 bridgehead atoms. The molecule has 0 saturated heterocycles. The van der Waals surface area contributed by atoms with Gasteiger partial charge in [0, 0.05) is 24.7 Å². The van der Waals surface area contributed by atoms with Gasteiger partial charge in [-0.1, -0.05) is 20.8 Å². The molecule has 1 aromatic heterocycles. The van der Waals surface area contributed by atoms with Crippen LogP contribution in [0.3, 0.4) is 0 Å². The molecule has 0 atom stereocenters. The molecule has 0 radical (unpaired) electrons. The van der Waals surface area contributed by atoms with E-state index in [0.717, 1.165) is 44.0 Å². The molecule has 0 aliphatic heterocycles. The van der Waals surface area contributed by atoms with E-state index >= 15 is 0 Å². The van der Waals surface area contributed by atoms with Crippen LogP contribution < -0.4 is 5.73 Å². The van der Waals surface area contributed by atoms with Gasteiger partial charge < -0.3 is 10.6 Å². The fourth-order valence-corrected chi connectivity index (χ4v) is 1.67. The third-order valence-corrected chi connectivity index (χ3v) is 2.75. The van der Waals surface area contributed by atoms with Gasteiger partial charge in [-0.15, -0.1) is 0 Å². The molecule has 0 saturated carbocycles. The fraction of sp³-hybridized carbons (Fsp3) is 0.667. The van der Waals surface area contributed by atoms with E-state index in [0.29, 0.717) is 5.82 Å². The highest BCUT2D eigenvalue weighted by molar-refractivity contribution is 5.29. The van der Waals surface area contributed by atoms with Crippen molar-refractivity contribution in [1.82, 2.24) is 14.9 Å². The third kappa shape index (κ3) is 3.77. The van der Waals surface area contributed by atoms with Crippen LogP contribution >= 0.6 is 0 Å². The maximum atomic E-state index is 5.74. The van der Waals surface area contributed by atoms with Crippen LogP contribution in [0.1, 0.15) is 32.3 Å². The molecular weight excluding hydrogens is 200 g/mol. The number of rotatable bonds is 6. The summed E-state index contributed by atoms with van der Waals surface area (Å²) < 4.78 is 0. The van der Waals surface area contributed by atoms with E-state index in [1.54, 1.807) is 0 Å². The molecule has 16 heavy (non-hydrogen) atoms. The third-order valence-electron chi connectivity index (χ3n) is 2.75. The summed E-state index contributed by atoms with van der Waals surface area (Å²) in [6.07, 6.45) is 1.78. The Morgan fingerprint density at radius 1 is 1.19 bits per heavy atom. The number of nitrogens with zero attached hydrogens (tertiary/aromatic N) is 3. The van der Waals surface area contributed by atoms with Crippen molar-refractivity contribution < 1.29 is 0 Å². The van der Waals surface area contributed by atoms with Crippen LogP contribution in [0, 0.1) is 0 Å². The van der Waals surface area contributed by atoms with E-state index in [4.69, 9.17) is 5.73 Å². The Hall–Kier alpha value is -1.16. The number of anilines is 1. The van der Waals surface area contributed by atoms with Gasteiger partial charge in [0.2, 0.25) is 0 Å². The Kier molecular flexibility index (Phi) is 5.19. The van der Waals surface area contributed by atoms with Gasteiger partial charge in [0.25, 0.3) is 0 Å². The Labute approximate surface area is 97.9 Å². The zero-order valence-corrected chi connectivity index (χ0v) is 10.5. The predicted octanol–water partition coefficient (Wildman–Crippen LogP) is 1.51. The standard InChI is InChI=1S/C12H22N4/c1-4-10-9-11(13)15-12(14-10)7-8-16(5-2)6-3/h9H,4-8H2,1-3H3,(H2,13,14,15). The van der Waals surface area contributed by atoms with Gasteiger partial charge in [-0.2, -0.15) is 0 Å². The van der Waals surface area contributed by atoms with Gasteiger partial charge in [0.05, 0.1) is 0 Å². The minimum absolute atomic E-state index is 0.585. The van der Waals surface area contributed by atoms with E-state index in [-0.39, 0.29) is 0 Å². The highest BCUT2D eigenvalue weighted by atomic mass is 15.1. The average molecular weight is 222 g/mol. The predicted molar refractivity (Wildman–Crippen MR) is 67.3 cm³/mol. The molecule has 0 spiro atoms. The lowest BCUT2D eigenvalue weighted by atomic mass is 10.3. The number of nitrogen functional groups attached to an aromatic ring is 1. The van der Waals surface area contributed by atoms with Crippen molar-refractivity contribution in [2.45, 2.75) is 33.6 Å². The van der Waals surface area contributed by atoms with Crippen molar-refractivity contribution in [2.24, 2.45) is 0 Å². The van der Waals surface area contributed by atoms with E-state index in [1.165, 1.54) is 0 Å². The first-order valence-electron chi connectivity index (χ1n) is 6.04. The van der Waals surface area contributed by atoms with Crippen molar-refractivity contribution in [3.63, 3.8) is 0 Å². The van der Waals surface area contributed by atoms with Crippen molar-refractivity contribution >= 4 is 5.82 Å². The molecule has 0 aliphatic carbocycles. The van der Waals surface area contributed by atoms with Crippen LogP contribution in [0.5, 0.6) is 0 Å². The summed E-state index contributed by atoms with van der Waals surface area (Å²) in [4.78, 5) is 11.1. The van der Waals surface area contributed by atoms with Crippen LogP contribution in [-0.2, 0) is 12.8 Å². The van der Waals surface area contributed by atoms with Crippen LogP contribution in [0.25, 0.3) is 0 Å². The average Bonchev–Trinajstić information content (AvgIpc) is 2.29. The van der Waals surface area contributed by atoms with Crippen molar-refractivity contribution in [1.29, 1.82) is 0 Å². The smallest absolute Gasteiger partial charge is 0.132 e. The lowest BCUT2D eigenvalue weighted by molar-refractivity contribution is 0.305. The van der Waals surface area contributed by atoms with Crippen LogP contribution in [0.2, 0.25) is 0 Å². The van der Waals surface area contributed by atoms with Crippen molar-refractivity contribution in [2.75, 3.05) is 25.4 Å². The summed E-state index contributed by atoms with van der Waals surface area (Å²) in [5.74, 6) is 1.45. The summed E-state index contributed by atoms with van der Waals surface area (Å²) >= 11 is 0. The normalized spacial score (nSPS) is 11.0. The molecule has 0 fully saturated rings. The lowest BCUT2D eigenvalue weighted by Gasteiger charge is -2.17. The monoisotopic (exact) mass is 222 g/mol. The van der Waals surface area contributed by atoms with E-state index in [2.05, 4.69) is 35.6 Å². The second kappa shape index (κ2) is 6.43. The van der Waals surface area contributed by atoms with Gasteiger partial charge in [0.15, 0.2) is 0 Å². The highest BCUT2D eigenvalue weighted by Gasteiger charge is 2.04. The summed E-state index contributed by atoms with van der Waals surface area (Å²) in [7, 11) is 0. The maximum Gasteiger partial charge on any atom is 0.132 e. The zero-order chi connectivity index (χ0) is 12.0. The first-order valence-corrected chi connectivity index (χ1v) is 6.04. The van der Waals surface area contributed by atoms with E-state index < -0.39 is 0 Å². The van der Waals surface area contributed by atoms with Crippen LogP contribution in [0.15, 0.2) is 6.07 Å². The molecule has 4 nitrogen and oxygen atoms in total. The van der Waals surface area contributed by atoms with Crippen molar-refractivity contribution in [3.8, 4) is 0 Å². The molecule has 1 heterocycles. The summed E-state index contributed by atoms with van der Waals surface area (Å²) in [5.41, 5.74) is 6.77. The maximum absolute atomic E-state index is 5.74. The Morgan fingerprint density at radius 3 is 2.44 bits per heavy atom. The molecule has 2 N–H and O–H groups in total. The molecule has 1 rings (SSSR count). The second-order valence-electron chi connectivity index (χ2n) is 3.83. The van der Waals surface area contributed by atoms with Crippen LogP contribution in [-0.4, -0.2) is 34.5 Å². The van der Waals surface area contributed by atoms with Gasteiger partial charge in [-0.25, -0.2) is 9.97 Å². The fourth-order valence-electron chi connectivity index (χ4n) is 1.67. The van der Waals surface area contributed by atoms with Crippen LogP contribution in [0.4, 0.5) is 5.82 Å². The summed E-state index contributed by atoms with van der Waals surface area (Å²) in [6.45, 7) is 9.55. The molecule has 0 aromatic carbocycles. The van der Waals surface area contributed by atoms with Crippen molar-refractivity contribution in [3.05, 3.63) is 17.6 Å². The zero-order valence-electron chi connectivity index (χ0n) is 10.5. The summed E-state index contributed by atoms with van der Waals surface area (Å²) in [5, 5.41) is 0. The molecule has 90 valence electrons. The minimum Gasteiger partial charge on any atom is -0.384 e.